The van der Waals surface area contributed by atoms with Crippen LogP contribution in [0.1, 0.15) is 37.3 Å². The summed E-state index contributed by atoms with van der Waals surface area (Å²) in [5.74, 6) is -1.64. The molecule has 3 rings (SSSR count). The summed E-state index contributed by atoms with van der Waals surface area (Å²) in [6.07, 6.45) is 0.756. The van der Waals surface area contributed by atoms with Gasteiger partial charge in [0.05, 0.1) is 6.61 Å². The Morgan fingerprint density at radius 2 is 1.92 bits per heavy atom. The number of esters is 2. The van der Waals surface area contributed by atoms with Crippen LogP contribution in [0, 0.1) is 11.8 Å². The summed E-state index contributed by atoms with van der Waals surface area (Å²) in [6, 6.07) is 15.0. The van der Waals surface area contributed by atoms with E-state index in [9.17, 15) is 9.59 Å². The first-order valence-corrected chi connectivity index (χ1v) is 9.49. The quantitative estimate of drug-likeness (QED) is 0.402. The maximum atomic E-state index is 12.7. The second-order valence-corrected chi connectivity index (χ2v) is 7.73. The Bertz CT molecular complexity index is 801. The van der Waals surface area contributed by atoms with Crippen LogP contribution in [0.4, 0.5) is 0 Å². The number of halogens is 1. The van der Waals surface area contributed by atoms with E-state index < -0.39 is 23.8 Å². The van der Waals surface area contributed by atoms with Crippen molar-refractivity contribution < 1.29 is 19.1 Å². The van der Waals surface area contributed by atoms with E-state index in [1.165, 1.54) is 0 Å². The van der Waals surface area contributed by atoms with Gasteiger partial charge in [0.1, 0.15) is 5.75 Å². The number of benzene rings is 2. The molecule has 2 aromatic rings. The van der Waals surface area contributed by atoms with E-state index in [1.54, 1.807) is 6.07 Å². The maximum absolute atomic E-state index is 12.7. The van der Waals surface area contributed by atoms with Crippen LogP contribution in [-0.2, 0) is 14.3 Å². The van der Waals surface area contributed by atoms with Gasteiger partial charge in [-0.25, -0.2) is 0 Å². The highest BCUT2D eigenvalue weighted by Gasteiger charge is 2.44. The van der Waals surface area contributed by atoms with Gasteiger partial charge in [0.15, 0.2) is 5.92 Å². The molecule has 0 amide bonds. The molecule has 0 aromatic heterocycles. The highest BCUT2D eigenvalue weighted by atomic mass is 79.9. The van der Waals surface area contributed by atoms with Gasteiger partial charge < -0.3 is 9.47 Å². The average molecular weight is 417 g/mol. The molecule has 0 fully saturated rings. The average Bonchev–Trinajstić information content (AvgIpc) is 2.61. The van der Waals surface area contributed by atoms with Crippen molar-refractivity contribution in [1.82, 2.24) is 0 Å². The number of rotatable bonds is 5. The number of ether oxygens (including phenoxy) is 2. The Labute approximate surface area is 161 Å². The second-order valence-electron chi connectivity index (χ2n) is 6.82. The van der Waals surface area contributed by atoms with E-state index in [0.29, 0.717) is 18.3 Å². The van der Waals surface area contributed by atoms with E-state index in [4.69, 9.17) is 9.47 Å². The first-order valence-electron chi connectivity index (χ1n) is 8.70. The summed E-state index contributed by atoms with van der Waals surface area (Å²) in [5.41, 5.74) is 1.69. The first kappa shape index (κ1) is 18.6. The summed E-state index contributed by atoms with van der Waals surface area (Å²) in [6.45, 7) is 4.42. The molecule has 4 nitrogen and oxygen atoms in total. The van der Waals surface area contributed by atoms with Crippen LogP contribution in [0.15, 0.2) is 53.0 Å². The minimum absolute atomic E-state index is 0.299. The van der Waals surface area contributed by atoms with Crippen LogP contribution in [0.2, 0.25) is 0 Å². The van der Waals surface area contributed by atoms with Crippen molar-refractivity contribution in [3.63, 3.8) is 0 Å². The molecule has 0 saturated heterocycles. The zero-order chi connectivity index (χ0) is 18.7. The molecule has 2 atom stereocenters. The first-order chi connectivity index (χ1) is 12.5. The fourth-order valence-corrected chi connectivity index (χ4v) is 3.47. The van der Waals surface area contributed by atoms with Gasteiger partial charge in [-0.15, -0.1) is 0 Å². The van der Waals surface area contributed by atoms with Crippen molar-refractivity contribution in [2.45, 2.75) is 26.2 Å². The topological polar surface area (TPSA) is 52.6 Å². The highest BCUT2D eigenvalue weighted by Crippen LogP contribution is 2.43. The smallest absolute Gasteiger partial charge is 0.326 e. The predicted octanol–water partition coefficient (Wildman–Crippen LogP) is 4.71. The number of hydrogen-bond donors (Lipinski definition) is 0. The Morgan fingerprint density at radius 1 is 1.19 bits per heavy atom. The Hall–Kier alpha value is -2.14. The van der Waals surface area contributed by atoms with Gasteiger partial charge in [-0.05, 0) is 36.1 Å². The minimum atomic E-state index is -1.01. The van der Waals surface area contributed by atoms with Crippen molar-refractivity contribution in [2.24, 2.45) is 11.8 Å². The lowest BCUT2D eigenvalue weighted by Gasteiger charge is -2.31. The van der Waals surface area contributed by atoms with E-state index in [1.807, 2.05) is 42.5 Å². The van der Waals surface area contributed by atoms with Gasteiger partial charge in [-0.3, -0.25) is 9.59 Å². The third kappa shape index (κ3) is 3.98. The van der Waals surface area contributed by atoms with Crippen molar-refractivity contribution in [2.75, 3.05) is 6.61 Å². The number of fused-ring (bicyclic) bond motifs is 1. The molecule has 0 unspecified atom stereocenters. The van der Waals surface area contributed by atoms with Crippen LogP contribution < -0.4 is 4.74 Å². The van der Waals surface area contributed by atoms with Crippen LogP contribution in [0.5, 0.6) is 5.75 Å². The van der Waals surface area contributed by atoms with Crippen LogP contribution in [0.3, 0.4) is 0 Å². The van der Waals surface area contributed by atoms with E-state index >= 15 is 0 Å². The van der Waals surface area contributed by atoms with Crippen LogP contribution >= 0.6 is 15.9 Å². The Balaban J connectivity index is 1.98. The molecule has 0 spiro atoms. The fraction of sp³-hybridized carbons (Fsp3) is 0.333. The molecule has 0 aliphatic carbocycles. The summed E-state index contributed by atoms with van der Waals surface area (Å²) < 4.78 is 11.7. The van der Waals surface area contributed by atoms with Gasteiger partial charge in [0.25, 0.3) is 0 Å². The molecule has 26 heavy (non-hydrogen) atoms. The summed E-state index contributed by atoms with van der Waals surface area (Å²) >= 11 is 3.46. The van der Waals surface area contributed by atoms with Crippen LogP contribution in [0.25, 0.3) is 0 Å². The molecule has 0 N–H and O–H groups in total. The minimum Gasteiger partial charge on any atom is -0.465 e. The van der Waals surface area contributed by atoms with Gasteiger partial charge in [-0.2, -0.15) is 0 Å². The van der Waals surface area contributed by atoms with Crippen molar-refractivity contribution in [3.05, 3.63) is 64.1 Å². The zero-order valence-electron chi connectivity index (χ0n) is 14.8. The summed E-state index contributed by atoms with van der Waals surface area (Å²) in [7, 11) is 0. The molecule has 0 saturated carbocycles. The monoisotopic (exact) mass is 416 g/mol. The molecule has 2 aromatic carbocycles. The zero-order valence-corrected chi connectivity index (χ0v) is 16.4. The lowest BCUT2D eigenvalue weighted by atomic mass is 9.78. The van der Waals surface area contributed by atoms with Gasteiger partial charge in [0.2, 0.25) is 0 Å². The molecule has 1 heterocycles. The molecule has 1 aliphatic heterocycles. The number of hydrogen-bond acceptors (Lipinski definition) is 4. The maximum Gasteiger partial charge on any atom is 0.326 e. The molecular formula is C21H21BrO4. The molecule has 5 heteroatoms. The SMILES string of the molecule is CC(C)CCOC(=O)[C@@H]1C(=O)Oc2ccc(Br)cc2[C@H]1c1ccccc1. The lowest BCUT2D eigenvalue weighted by molar-refractivity contribution is -0.159. The Morgan fingerprint density at radius 3 is 2.62 bits per heavy atom. The summed E-state index contributed by atoms with van der Waals surface area (Å²) in [5, 5.41) is 0. The van der Waals surface area contributed by atoms with Crippen LogP contribution in [-0.4, -0.2) is 18.5 Å². The molecule has 0 bridgehead atoms. The standard InChI is InChI=1S/C21H21BrO4/c1-13(2)10-11-25-20(23)19-18(14-6-4-3-5-7-14)16-12-15(22)8-9-17(16)26-21(19)24/h3-9,12-13,18-19H,10-11H2,1-2H3/t18-,19-/m1/s1. The van der Waals surface area contributed by atoms with Gasteiger partial charge in [-0.1, -0.05) is 60.1 Å². The van der Waals surface area contributed by atoms with E-state index in [-0.39, 0.29) is 0 Å². The van der Waals surface area contributed by atoms with Crippen molar-refractivity contribution in [1.29, 1.82) is 0 Å². The molecule has 136 valence electrons. The molecular weight excluding hydrogens is 396 g/mol. The van der Waals surface area contributed by atoms with E-state index in [0.717, 1.165) is 22.0 Å². The predicted molar refractivity (Wildman–Crippen MR) is 102 cm³/mol. The van der Waals surface area contributed by atoms with Gasteiger partial charge >= 0.3 is 11.9 Å². The third-order valence-electron chi connectivity index (χ3n) is 4.46. The molecule has 0 radical (unpaired) electrons. The fourth-order valence-electron chi connectivity index (χ4n) is 3.09. The largest absolute Gasteiger partial charge is 0.465 e. The van der Waals surface area contributed by atoms with Gasteiger partial charge in [0, 0.05) is 16.0 Å². The third-order valence-corrected chi connectivity index (χ3v) is 4.95. The number of carbonyl (C=O) groups excluding carboxylic acids is 2. The highest BCUT2D eigenvalue weighted by molar-refractivity contribution is 9.10. The van der Waals surface area contributed by atoms with Crippen molar-refractivity contribution >= 4 is 27.9 Å². The molecule has 1 aliphatic rings. The van der Waals surface area contributed by atoms with Crippen molar-refractivity contribution in [3.8, 4) is 5.75 Å². The number of carbonyl (C=O) groups is 2. The Kier molecular flexibility index (Phi) is 5.77. The van der Waals surface area contributed by atoms with E-state index in [2.05, 4.69) is 29.8 Å². The normalized spacial score (nSPS) is 19.0. The lowest BCUT2D eigenvalue weighted by Crippen LogP contribution is -2.39. The second kappa shape index (κ2) is 8.04. The summed E-state index contributed by atoms with van der Waals surface area (Å²) in [4.78, 5) is 25.4.